The van der Waals surface area contributed by atoms with E-state index in [4.69, 9.17) is 9.47 Å². The standard InChI is InChI=1S/C15H17BrN2O5/c1-4-23-11-5-8(9(16)6-10(11)19)13-12(14(20)22-3)7(2)17-15(21)18-13/h5-6,13,19H,4H2,1-3H3,(H2,17,18,21)/t13-/m0/s1. The highest BCUT2D eigenvalue weighted by Crippen LogP contribution is 2.39. The van der Waals surface area contributed by atoms with E-state index >= 15 is 0 Å². The number of nitrogens with one attached hydrogen (secondary N) is 2. The number of phenols is 1. The monoisotopic (exact) mass is 384 g/mol. The second kappa shape index (κ2) is 6.91. The van der Waals surface area contributed by atoms with Crippen molar-refractivity contribution in [1.82, 2.24) is 10.6 Å². The zero-order valence-corrected chi connectivity index (χ0v) is 14.5. The summed E-state index contributed by atoms with van der Waals surface area (Å²) < 4.78 is 10.7. The predicted molar refractivity (Wildman–Crippen MR) is 86.1 cm³/mol. The van der Waals surface area contributed by atoms with Crippen LogP contribution < -0.4 is 15.4 Å². The average molecular weight is 385 g/mol. The largest absolute Gasteiger partial charge is 0.504 e. The molecule has 2 amide bonds. The first-order chi connectivity index (χ1) is 10.9. The number of phenolic OH excluding ortho intramolecular Hbond substituents is 1. The Balaban J connectivity index is 2.57. The third-order valence-electron chi connectivity index (χ3n) is 3.36. The minimum atomic E-state index is -0.731. The quantitative estimate of drug-likeness (QED) is 0.692. The van der Waals surface area contributed by atoms with Crippen LogP contribution in [0.5, 0.6) is 11.5 Å². The Morgan fingerprint density at radius 3 is 2.74 bits per heavy atom. The molecule has 0 aromatic heterocycles. The third-order valence-corrected chi connectivity index (χ3v) is 4.05. The smallest absolute Gasteiger partial charge is 0.337 e. The molecule has 1 heterocycles. The highest BCUT2D eigenvalue weighted by atomic mass is 79.9. The number of halogens is 1. The van der Waals surface area contributed by atoms with Gasteiger partial charge in [-0.25, -0.2) is 9.59 Å². The SMILES string of the molecule is CCOc1cc([C@@H]2NC(=O)NC(C)=C2C(=O)OC)c(Br)cc1O. The van der Waals surface area contributed by atoms with Crippen LogP contribution in [0.4, 0.5) is 4.79 Å². The Kier molecular flexibility index (Phi) is 5.15. The fourth-order valence-corrected chi connectivity index (χ4v) is 2.92. The van der Waals surface area contributed by atoms with Crippen molar-refractivity contribution in [2.24, 2.45) is 0 Å². The molecule has 124 valence electrons. The Bertz CT molecular complexity index is 687. The van der Waals surface area contributed by atoms with Gasteiger partial charge in [-0.05, 0) is 31.5 Å². The van der Waals surface area contributed by atoms with Gasteiger partial charge in [0.15, 0.2) is 11.5 Å². The number of hydrogen-bond donors (Lipinski definition) is 3. The van der Waals surface area contributed by atoms with Crippen LogP contribution in [-0.4, -0.2) is 30.8 Å². The second-order valence-corrected chi connectivity index (χ2v) is 5.69. The molecule has 8 heteroatoms. The van der Waals surface area contributed by atoms with Crippen LogP contribution in [-0.2, 0) is 9.53 Å². The van der Waals surface area contributed by atoms with Crippen molar-refractivity contribution in [1.29, 1.82) is 0 Å². The van der Waals surface area contributed by atoms with Gasteiger partial charge in [-0.1, -0.05) is 15.9 Å². The van der Waals surface area contributed by atoms with E-state index in [0.29, 0.717) is 22.3 Å². The van der Waals surface area contributed by atoms with Gasteiger partial charge >= 0.3 is 12.0 Å². The van der Waals surface area contributed by atoms with E-state index in [1.807, 2.05) is 0 Å². The minimum Gasteiger partial charge on any atom is -0.504 e. The molecule has 0 aliphatic carbocycles. The van der Waals surface area contributed by atoms with Crippen molar-refractivity contribution >= 4 is 27.9 Å². The molecule has 1 atom stereocenters. The molecular weight excluding hydrogens is 368 g/mol. The fourth-order valence-electron chi connectivity index (χ4n) is 2.36. The number of carbonyl (C=O) groups excluding carboxylic acids is 2. The van der Waals surface area contributed by atoms with E-state index in [1.54, 1.807) is 19.9 Å². The molecule has 1 aromatic carbocycles. The summed E-state index contributed by atoms with van der Waals surface area (Å²) in [7, 11) is 1.27. The number of rotatable bonds is 4. The molecule has 0 unspecified atom stereocenters. The zero-order chi connectivity index (χ0) is 17.1. The number of esters is 1. The number of amides is 2. The van der Waals surface area contributed by atoms with Gasteiger partial charge in [0.05, 0.1) is 25.3 Å². The minimum absolute atomic E-state index is 0.0388. The molecule has 0 saturated heterocycles. The van der Waals surface area contributed by atoms with Crippen LogP contribution in [0.1, 0.15) is 25.5 Å². The van der Waals surface area contributed by atoms with Crippen molar-refractivity contribution in [2.45, 2.75) is 19.9 Å². The molecule has 0 fully saturated rings. The van der Waals surface area contributed by atoms with Gasteiger partial charge in [0.1, 0.15) is 0 Å². The van der Waals surface area contributed by atoms with E-state index < -0.39 is 18.0 Å². The Labute approximate surface area is 141 Å². The van der Waals surface area contributed by atoms with Crippen molar-refractivity contribution in [3.63, 3.8) is 0 Å². The van der Waals surface area contributed by atoms with Crippen molar-refractivity contribution in [3.8, 4) is 11.5 Å². The van der Waals surface area contributed by atoms with E-state index in [2.05, 4.69) is 26.6 Å². The lowest BCUT2D eigenvalue weighted by Gasteiger charge is -2.28. The van der Waals surface area contributed by atoms with Gasteiger partial charge in [0.2, 0.25) is 0 Å². The Morgan fingerprint density at radius 1 is 1.43 bits per heavy atom. The first-order valence-corrected chi connectivity index (χ1v) is 7.70. The maximum atomic E-state index is 12.1. The van der Waals surface area contributed by atoms with Gasteiger partial charge in [-0.2, -0.15) is 0 Å². The lowest BCUT2D eigenvalue weighted by atomic mass is 9.95. The van der Waals surface area contributed by atoms with Crippen LogP contribution in [0, 0.1) is 0 Å². The first kappa shape index (κ1) is 17.1. The van der Waals surface area contributed by atoms with Gasteiger partial charge < -0.3 is 25.2 Å². The van der Waals surface area contributed by atoms with E-state index in [-0.39, 0.29) is 17.1 Å². The Hall–Kier alpha value is -2.22. The van der Waals surface area contributed by atoms with Gasteiger partial charge in [0, 0.05) is 10.2 Å². The fraction of sp³-hybridized carbons (Fsp3) is 0.333. The lowest BCUT2D eigenvalue weighted by Crippen LogP contribution is -2.45. The molecule has 0 radical (unpaired) electrons. The van der Waals surface area contributed by atoms with Crippen LogP contribution >= 0.6 is 15.9 Å². The summed E-state index contributed by atoms with van der Waals surface area (Å²) in [4.78, 5) is 23.9. The van der Waals surface area contributed by atoms with Crippen molar-refractivity contribution < 1.29 is 24.2 Å². The summed E-state index contributed by atoms with van der Waals surface area (Å²) in [6.45, 7) is 3.78. The van der Waals surface area contributed by atoms with Crippen LogP contribution in [0.25, 0.3) is 0 Å². The number of aromatic hydroxyl groups is 1. The molecule has 1 aliphatic heterocycles. The zero-order valence-electron chi connectivity index (χ0n) is 12.9. The number of hydrogen-bond acceptors (Lipinski definition) is 5. The molecule has 1 aliphatic rings. The van der Waals surface area contributed by atoms with Gasteiger partial charge in [-0.3, -0.25) is 0 Å². The second-order valence-electron chi connectivity index (χ2n) is 4.84. The maximum absolute atomic E-state index is 12.1. The van der Waals surface area contributed by atoms with E-state index in [1.165, 1.54) is 13.2 Å². The summed E-state index contributed by atoms with van der Waals surface area (Å²) in [6.07, 6.45) is 0. The molecular formula is C15H17BrN2O5. The summed E-state index contributed by atoms with van der Waals surface area (Å²) in [5, 5.41) is 15.1. The molecule has 23 heavy (non-hydrogen) atoms. The van der Waals surface area contributed by atoms with Crippen LogP contribution in [0.3, 0.4) is 0 Å². The topological polar surface area (TPSA) is 96.9 Å². The molecule has 1 aromatic rings. The summed E-state index contributed by atoms with van der Waals surface area (Å²) in [5.74, 6) is -0.332. The molecule has 0 spiro atoms. The predicted octanol–water partition coefficient (Wildman–Crippen LogP) is 2.35. The molecule has 7 nitrogen and oxygen atoms in total. The summed E-state index contributed by atoms with van der Waals surface area (Å²) in [6, 6.07) is 1.87. The van der Waals surface area contributed by atoms with Crippen molar-refractivity contribution in [3.05, 3.63) is 33.4 Å². The molecule has 2 rings (SSSR count). The third kappa shape index (κ3) is 3.42. The summed E-state index contributed by atoms with van der Waals surface area (Å²) in [5.41, 5.74) is 1.25. The number of urea groups is 1. The number of allylic oxidation sites excluding steroid dienone is 1. The molecule has 3 N–H and O–H groups in total. The normalized spacial score (nSPS) is 17.4. The number of methoxy groups -OCH3 is 1. The Morgan fingerprint density at radius 2 is 2.13 bits per heavy atom. The van der Waals surface area contributed by atoms with Crippen molar-refractivity contribution in [2.75, 3.05) is 13.7 Å². The first-order valence-electron chi connectivity index (χ1n) is 6.90. The molecule has 0 saturated carbocycles. The van der Waals surface area contributed by atoms with Gasteiger partial charge in [-0.15, -0.1) is 0 Å². The molecule has 0 bridgehead atoms. The number of ether oxygens (including phenoxy) is 2. The highest BCUT2D eigenvalue weighted by molar-refractivity contribution is 9.10. The summed E-state index contributed by atoms with van der Waals surface area (Å²) >= 11 is 3.34. The average Bonchev–Trinajstić information content (AvgIpc) is 2.48. The van der Waals surface area contributed by atoms with Crippen LogP contribution in [0.15, 0.2) is 27.9 Å². The number of carbonyl (C=O) groups is 2. The van der Waals surface area contributed by atoms with E-state index in [0.717, 1.165) is 0 Å². The lowest BCUT2D eigenvalue weighted by molar-refractivity contribution is -0.136. The van der Waals surface area contributed by atoms with Crippen LogP contribution in [0.2, 0.25) is 0 Å². The van der Waals surface area contributed by atoms with Gasteiger partial charge in [0.25, 0.3) is 0 Å². The highest BCUT2D eigenvalue weighted by Gasteiger charge is 2.33. The maximum Gasteiger partial charge on any atom is 0.337 e. The number of benzene rings is 1. The van der Waals surface area contributed by atoms with E-state index in [9.17, 15) is 14.7 Å².